The summed E-state index contributed by atoms with van der Waals surface area (Å²) in [5.74, 6) is 1.17. The summed E-state index contributed by atoms with van der Waals surface area (Å²) in [5.41, 5.74) is -3.49. The van der Waals surface area contributed by atoms with Crippen molar-refractivity contribution in [2.45, 2.75) is 58.0 Å². The third-order valence-corrected chi connectivity index (χ3v) is 7.00. The molecule has 1 aliphatic rings. The van der Waals surface area contributed by atoms with Crippen molar-refractivity contribution < 1.29 is 22.6 Å². The summed E-state index contributed by atoms with van der Waals surface area (Å²) in [4.78, 5) is 33.7. The Morgan fingerprint density at radius 2 is 1.85 bits per heavy atom. The van der Waals surface area contributed by atoms with Gasteiger partial charge in [0.25, 0.3) is 11.2 Å². The van der Waals surface area contributed by atoms with Gasteiger partial charge in [-0.05, 0) is 25.3 Å². The van der Waals surface area contributed by atoms with Gasteiger partial charge in [0.05, 0.1) is 15.9 Å². The Morgan fingerprint density at radius 3 is 2.38 bits per heavy atom. The number of benzene rings is 1. The minimum atomic E-state index is -4.83. The van der Waals surface area contributed by atoms with Gasteiger partial charge in [-0.3, -0.25) is 14.9 Å². The molecule has 3 aromatic rings. The fraction of sp³-hybridized carbons (Fsp3) is 0.524. The highest BCUT2D eigenvalue weighted by Crippen LogP contribution is 2.41. The average molecular weight is 497 g/mol. The lowest BCUT2D eigenvalue weighted by molar-refractivity contribution is -0.383. The van der Waals surface area contributed by atoms with Gasteiger partial charge < -0.3 is 9.42 Å². The van der Waals surface area contributed by atoms with Crippen LogP contribution in [0.1, 0.15) is 62.4 Å². The lowest BCUT2D eigenvalue weighted by atomic mass is 9.95. The Hall–Kier alpha value is -3.09. The van der Waals surface area contributed by atoms with E-state index in [0.717, 1.165) is 18.3 Å². The van der Waals surface area contributed by atoms with E-state index in [2.05, 4.69) is 15.1 Å². The van der Waals surface area contributed by atoms with Crippen molar-refractivity contribution in [3.8, 4) is 0 Å². The minimum absolute atomic E-state index is 0.0166. The molecule has 34 heavy (non-hydrogen) atoms. The van der Waals surface area contributed by atoms with E-state index in [0.29, 0.717) is 43.7 Å². The van der Waals surface area contributed by atoms with Crippen LogP contribution >= 0.6 is 11.3 Å². The number of hydrogen-bond donors (Lipinski definition) is 0. The summed E-state index contributed by atoms with van der Waals surface area (Å²) < 4.78 is 45.5. The van der Waals surface area contributed by atoms with E-state index in [4.69, 9.17) is 4.52 Å². The molecule has 9 nitrogen and oxygen atoms in total. The Morgan fingerprint density at radius 1 is 1.21 bits per heavy atom. The molecular weight excluding hydrogens is 475 g/mol. The number of fused-ring (bicyclic) bond motifs is 1. The first kappa shape index (κ1) is 24.0. The second-order valence-electron chi connectivity index (χ2n) is 9.30. The van der Waals surface area contributed by atoms with Gasteiger partial charge in [0.1, 0.15) is 4.70 Å². The number of nitro groups is 1. The first-order chi connectivity index (χ1) is 15.8. The summed E-state index contributed by atoms with van der Waals surface area (Å²) in [6.45, 7) is 8.02. The lowest BCUT2D eigenvalue weighted by Gasteiger charge is -2.30. The highest BCUT2D eigenvalue weighted by Gasteiger charge is 2.37. The van der Waals surface area contributed by atoms with Gasteiger partial charge in [0.2, 0.25) is 5.89 Å². The molecule has 1 saturated heterocycles. The zero-order valence-electron chi connectivity index (χ0n) is 18.9. The highest BCUT2D eigenvalue weighted by atomic mass is 32.1. The van der Waals surface area contributed by atoms with Gasteiger partial charge in [0.15, 0.2) is 11.0 Å². The molecule has 1 aliphatic heterocycles. The average Bonchev–Trinajstić information content (AvgIpc) is 3.23. The maximum Gasteiger partial charge on any atom is 0.416 e. The van der Waals surface area contributed by atoms with Gasteiger partial charge in [-0.1, -0.05) is 37.3 Å². The van der Waals surface area contributed by atoms with Gasteiger partial charge in [-0.15, -0.1) is 0 Å². The molecule has 0 aliphatic carbocycles. The van der Waals surface area contributed by atoms with Crippen LogP contribution in [-0.4, -0.2) is 33.1 Å². The molecular formula is C21H22F3N5O4S. The zero-order chi connectivity index (χ0) is 25.0. The van der Waals surface area contributed by atoms with Crippen molar-refractivity contribution in [2.24, 2.45) is 0 Å². The van der Waals surface area contributed by atoms with Crippen molar-refractivity contribution >= 4 is 32.2 Å². The number of halogens is 3. The van der Waals surface area contributed by atoms with E-state index < -0.39 is 27.9 Å². The molecule has 0 bridgehead atoms. The maximum absolute atomic E-state index is 13.4. The maximum atomic E-state index is 13.4. The topological polar surface area (TPSA) is 115 Å². The Bertz CT molecular complexity index is 1320. The number of rotatable bonds is 3. The highest BCUT2D eigenvalue weighted by molar-refractivity contribution is 7.22. The summed E-state index contributed by atoms with van der Waals surface area (Å²) >= 11 is 0.855. The van der Waals surface area contributed by atoms with E-state index >= 15 is 0 Å². The molecule has 2 aromatic heterocycles. The van der Waals surface area contributed by atoms with Crippen LogP contribution in [0.25, 0.3) is 10.1 Å². The molecule has 13 heteroatoms. The van der Waals surface area contributed by atoms with Gasteiger partial charge in [0, 0.05) is 30.5 Å². The van der Waals surface area contributed by atoms with Crippen LogP contribution in [0.5, 0.6) is 0 Å². The molecule has 0 atom stereocenters. The molecule has 182 valence electrons. The number of alkyl halides is 3. The number of piperidine rings is 1. The van der Waals surface area contributed by atoms with Crippen molar-refractivity contribution in [2.75, 3.05) is 18.0 Å². The van der Waals surface area contributed by atoms with Crippen LogP contribution in [-0.2, 0) is 11.6 Å². The minimum Gasteiger partial charge on any atom is -0.348 e. The molecule has 0 N–H and O–H groups in total. The van der Waals surface area contributed by atoms with Crippen LogP contribution in [0.2, 0.25) is 0 Å². The number of nitrogens with zero attached hydrogens (tertiary/aromatic N) is 5. The summed E-state index contributed by atoms with van der Waals surface area (Å²) in [7, 11) is 0. The Labute approximate surface area is 195 Å². The first-order valence-electron chi connectivity index (χ1n) is 10.6. The largest absolute Gasteiger partial charge is 0.416 e. The molecule has 0 spiro atoms. The van der Waals surface area contributed by atoms with Crippen molar-refractivity contribution in [1.29, 1.82) is 0 Å². The third-order valence-electron chi connectivity index (χ3n) is 5.85. The normalized spacial score (nSPS) is 15.8. The summed E-state index contributed by atoms with van der Waals surface area (Å²) in [6.07, 6.45) is -3.58. The van der Waals surface area contributed by atoms with Crippen LogP contribution in [0.3, 0.4) is 0 Å². The molecule has 0 amide bonds. The quantitative estimate of drug-likeness (QED) is 0.368. The van der Waals surface area contributed by atoms with E-state index in [1.165, 1.54) is 0 Å². The molecule has 0 saturated carbocycles. The van der Waals surface area contributed by atoms with Crippen LogP contribution in [0, 0.1) is 17.0 Å². The number of hydrogen-bond acceptors (Lipinski definition) is 9. The predicted octanol–water partition coefficient (Wildman–Crippen LogP) is 4.96. The van der Waals surface area contributed by atoms with Gasteiger partial charge in [-0.25, -0.2) is 0 Å². The lowest BCUT2D eigenvalue weighted by Crippen LogP contribution is -2.34. The predicted molar refractivity (Wildman–Crippen MR) is 119 cm³/mol. The first-order valence-corrected chi connectivity index (χ1v) is 11.4. The van der Waals surface area contributed by atoms with E-state index in [1.807, 2.05) is 20.8 Å². The number of aromatic nitrogens is 3. The van der Waals surface area contributed by atoms with Crippen molar-refractivity contribution in [1.82, 2.24) is 15.1 Å². The van der Waals surface area contributed by atoms with Crippen molar-refractivity contribution in [3.05, 3.63) is 49.4 Å². The molecule has 0 radical (unpaired) electrons. The monoisotopic (exact) mass is 497 g/mol. The zero-order valence-corrected chi connectivity index (χ0v) is 19.7. The Kier molecular flexibility index (Phi) is 5.86. The number of non-ortho nitro benzene ring substituents is 1. The van der Waals surface area contributed by atoms with Gasteiger partial charge in [-0.2, -0.15) is 23.1 Å². The molecule has 1 aromatic carbocycles. The molecule has 0 unspecified atom stereocenters. The smallest absolute Gasteiger partial charge is 0.348 e. The van der Waals surface area contributed by atoms with Gasteiger partial charge >= 0.3 is 6.18 Å². The number of nitro benzene ring substituents is 1. The molecule has 4 rings (SSSR count). The van der Waals surface area contributed by atoms with Crippen LogP contribution < -0.4 is 10.5 Å². The molecule has 1 fully saturated rings. The van der Waals surface area contributed by atoms with E-state index in [-0.39, 0.29) is 32.1 Å². The van der Waals surface area contributed by atoms with Crippen LogP contribution in [0.4, 0.5) is 24.0 Å². The Balaban J connectivity index is 1.66. The second kappa shape index (κ2) is 8.29. The second-order valence-corrected chi connectivity index (χ2v) is 10.3. The third kappa shape index (κ3) is 4.36. The van der Waals surface area contributed by atoms with Crippen molar-refractivity contribution in [3.63, 3.8) is 0 Å². The molecule has 3 heterocycles. The number of aryl methyl sites for hydroxylation is 1. The SMILES string of the molecule is Cc1c(C(F)(F)F)cc([N+](=O)[O-])c2sc(N3CCC(c4nc(C(C)(C)C)no4)CC3)nc(=O)c12. The summed E-state index contributed by atoms with van der Waals surface area (Å²) in [6, 6.07) is 0.492. The fourth-order valence-corrected chi connectivity index (χ4v) is 5.15. The summed E-state index contributed by atoms with van der Waals surface area (Å²) in [5, 5.41) is 15.5. The van der Waals surface area contributed by atoms with E-state index in [9.17, 15) is 28.1 Å². The standard InChI is InChI=1S/C21H22F3N5O4S/c1-10-12(21(22,23)24)9-13(29(31)32)15-14(10)16(30)25-19(34-15)28-7-5-11(6-8-28)17-26-18(27-33-17)20(2,3)4/h9,11H,5-8H2,1-4H3. The van der Waals surface area contributed by atoms with Crippen LogP contribution in [0.15, 0.2) is 15.4 Å². The number of anilines is 1. The fourth-order valence-electron chi connectivity index (χ4n) is 3.95. The van der Waals surface area contributed by atoms with E-state index in [1.54, 1.807) is 4.90 Å².